The molecule has 4 N–H and O–H groups in total. The number of anilines is 2. The quantitative estimate of drug-likeness (QED) is 0.142. The van der Waals surface area contributed by atoms with Crippen LogP contribution in [0.4, 0.5) is 11.4 Å². The van der Waals surface area contributed by atoms with Crippen molar-refractivity contribution in [2.75, 3.05) is 10.6 Å². The van der Waals surface area contributed by atoms with E-state index in [0.717, 1.165) is 89.9 Å². The molecule has 2 saturated carbocycles. The third-order valence-electron chi connectivity index (χ3n) is 8.93. The van der Waals surface area contributed by atoms with E-state index in [1.165, 1.54) is 12.8 Å². The highest BCUT2D eigenvalue weighted by atomic mass is 35.5. The molecular weight excluding hydrogens is 623 g/mol. The lowest BCUT2D eigenvalue weighted by Gasteiger charge is -2.23. The monoisotopic (exact) mass is 670 g/mol. The van der Waals surface area contributed by atoms with Crippen molar-refractivity contribution in [1.29, 1.82) is 0 Å². The topological polar surface area (TPSA) is 116 Å². The van der Waals surface area contributed by atoms with Crippen LogP contribution in [0.1, 0.15) is 136 Å². The van der Waals surface area contributed by atoms with Crippen LogP contribution in [0.3, 0.4) is 0 Å². The maximum absolute atomic E-state index is 12.8. The van der Waals surface area contributed by atoms with Crippen LogP contribution in [0, 0.1) is 0 Å². The van der Waals surface area contributed by atoms with Gasteiger partial charge < -0.3 is 21.3 Å². The fourth-order valence-corrected chi connectivity index (χ4v) is 6.71. The highest BCUT2D eigenvalue weighted by Crippen LogP contribution is 2.25. The summed E-state index contributed by atoms with van der Waals surface area (Å²) in [7, 11) is 0. The van der Waals surface area contributed by atoms with Gasteiger partial charge in [0.15, 0.2) is 0 Å². The van der Waals surface area contributed by atoms with Crippen LogP contribution in [-0.2, 0) is 9.59 Å². The molecule has 0 bridgehead atoms. The van der Waals surface area contributed by atoms with Gasteiger partial charge in [0.2, 0.25) is 11.8 Å². The standard InChI is InChI=1S/C36H48Cl2N4O4/c37-31-21-19-27(23-29(31)35(45)41-25-13-7-5-8-14-25)39-33(43)17-11-3-1-2-4-12-18-34(44)40-28-20-22-32(38)30(24-28)36(46)42-26-15-9-6-10-16-26/h19-26H,1-18H2,(H,39,43)(H,40,44)(H,41,45)(H,42,46). The van der Waals surface area contributed by atoms with Crippen LogP contribution < -0.4 is 21.3 Å². The number of hydrogen-bond donors (Lipinski definition) is 4. The molecule has 2 fully saturated rings. The van der Waals surface area contributed by atoms with E-state index in [1.807, 2.05) is 0 Å². The van der Waals surface area contributed by atoms with Gasteiger partial charge in [0.1, 0.15) is 0 Å². The first-order valence-electron chi connectivity index (χ1n) is 17.1. The largest absolute Gasteiger partial charge is 0.349 e. The first kappa shape index (κ1) is 35.7. The molecule has 2 aromatic carbocycles. The van der Waals surface area contributed by atoms with Crippen molar-refractivity contribution in [1.82, 2.24) is 10.6 Å². The van der Waals surface area contributed by atoms with Gasteiger partial charge in [0.05, 0.1) is 21.2 Å². The van der Waals surface area contributed by atoms with Crippen molar-refractivity contribution >= 4 is 58.2 Å². The van der Waals surface area contributed by atoms with E-state index in [9.17, 15) is 19.2 Å². The minimum absolute atomic E-state index is 0.0885. The van der Waals surface area contributed by atoms with E-state index >= 15 is 0 Å². The Morgan fingerprint density at radius 1 is 0.543 bits per heavy atom. The third kappa shape index (κ3) is 11.9. The predicted octanol–water partition coefficient (Wildman–Crippen LogP) is 8.82. The fourth-order valence-electron chi connectivity index (χ4n) is 6.30. The average Bonchev–Trinajstić information content (AvgIpc) is 3.05. The number of hydrogen-bond acceptors (Lipinski definition) is 4. The van der Waals surface area contributed by atoms with Gasteiger partial charge in [-0.05, 0) is 74.9 Å². The average molecular weight is 672 g/mol. The second-order valence-electron chi connectivity index (χ2n) is 12.7. The zero-order chi connectivity index (χ0) is 32.7. The van der Waals surface area contributed by atoms with Crippen molar-refractivity contribution in [2.24, 2.45) is 0 Å². The van der Waals surface area contributed by atoms with Gasteiger partial charge in [-0.3, -0.25) is 19.2 Å². The predicted molar refractivity (Wildman–Crippen MR) is 186 cm³/mol. The van der Waals surface area contributed by atoms with E-state index in [1.54, 1.807) is 36.4 Å². The van der Waals surface area contributed by atoms with E-state index in [4.69, 9.17) is 23.2 Å². The number of benzene rings is 2. The Balaban J connectivity index is 1.07. The van der Waals surface area contributed by atoms with Crippen molar-refractivity contribution < 1.29 is 19.2 Å². The summed E-state index contributed by atoms with van der Waals surface area (Å²) in [6.45, 7) is 0. The molecule has 8 nitrogen and oxygen atoms in total. The number of carbonyl (C=O) groups excluding carboxylic acids is 4. The Hall–Kier alpha value is -3.10. The molecule has 250 valence electrons. The SMILES string of the molecule is O=C(CCCCCCCCC(=O)Nc1ccc(Cl)c(C(=O)NC2CCCCC2)c1)Nc1ccc(Cl)c(C(=O)NC2CCCCC2)c1. The first-order chi connectivity index (χ1) is 22.3. The minimum atomic E-state index is -0.196. The van der Waals surface area contributed by atoms with Crippen molar-refractivity contribution in [3.8, 4) is 0 Å². The number of carbonyl (C=O) groups is 4. The van der Waals surface area contributed by atoms with E-state index in [0.29, 0.717) is 45.4 Å². The molecule has 0 aliphatic heterocycles. The van der Waals surface area contributed by atoms with Gasteiger partial charge in [-0.1, -0.05) is 87.4 Å². The summed E-state index contributed by atoms with van der Waals surface area (Å²) in [4.78, 5) is 50.5. The van der Waals surface area contributed by atoms with Gasteiger partial charge in [-0.2, -0.15) is 0 Å². The summed E-state index contributed by atoms with van der Waals surface area (Å²) in [6.07, 6.45) is 17.0. The smallest absolute Gasteiger partial charge is 0.253 e. The maximum atomic E-state index is 12.8. The molecular formula is C36H48Cl2N4O4. The Labute approximate surface area is 283 Å². The molecule has 2 aliphatic rings. The number of halogens is 2. The molecule has 0 saturated heterocycles. The van der Waals surface area contributed by atoms with Crippen LogP contribution in [0.25, 0.3) is 0 Å². The molecule has 4 rings (SSSR count). The lowest BCUT2D eigenvalue weighted by Crippen LogP contribution is -2.36. The summed E-state index contributed by atoms with van der Waals surface area (Å²) >= 11 is 12.6. The lowest BCUT2D eigenvalue weighted by molar-refractivity contribution is -0.117. The van der Waals surface area contributed by atoms with Crippen LogP contribution in [0.2, 0.25) is 10.0 Å². The number of nitrogens with one attached hydrogen (secondary N) is 4. The van der Waals surface area contributed by atoms with Crippen molar-refractivity contribution in [3.05, 3.63) is 57.6 Å². The molecule has 46 heavy (non-hydrogen) atoms. The highest BCUT2D eigenvalue weighted by Gasteiger charge is 2.20. The minimum Gasteiger partial charge on any atom is -0.349 e. The molecule has 0 aromatic heterocycles. The first-order valence-corrected chi connectivity index (χ1v) is 17.8. The van der Waals surface area contributed by atoms with Crippen molar-refractivity contribution in [2.45, 2.75) is 128 Å². The highest BCUT2D eigenvalue weighted by molar-refractivity contribution is 6.34. The molecule has 10 heteroatoms. The molecule has 0 unspecified atom stereocenters. The Morgan fingerprint density at radius 2 is 0.913 bits per heavy atom. The van der Waals surface area contributed by atoms with Crippen LogP contribution in [0.15, 0.2) is 36.4 Å². The van der Waals surface area contributed by atoms with Crippen LogP contribution in [-0.4, -0.2) is 35.7 Å². The summed E-state index contributed by atoms with van der Waals surface area (Å²) < 4.78 is 0. The molecule has 0 atom stereocenters. The van der Waals surface area contributed by atoms with Crippen molar-refractivity contribution in [3.63, 3.8) is 0 Å². The van der Waals surface area contributed by atoms with Crippen LogP contribution >= 0.6 is 23.2 Å². The number of unbranched alkanes of at least 4 members (excludes halogenated alkanes) is 5. The Morgan fingerprint density at radius 3 is 1.30 bits per heavy atom. The Kier molecular flexibility index (Phi) is 14.7. The summed E-state index contributed by atoms with van der Waals surface area (Å²) in [5.41, 5.74) is 1.90. The fraction of sp³-hybridized carbons (Fsp3) is 0.556. The lowest BCUT2D eigenvalue weighted by atomic mass is 9.95. The van der Waals surface area contributed by atoms with E-state index in [2.05, 4.69) is 21.3 Å². The molecule has 4 amide bonds. The van der Waals surface area contributed by atoms with E-state index < -0.39 is 0 Å². The summed E-state index contributed by atoms with van der Waals surface area (Å²) in [6, 6.07) is 10.4. The number of amides is 4. The zero-order valence-corrected chi connectivity index (χ0v) is 28.2. The Bertz CT molecular complexity index is 1240. The third-order valence-corrected chi connectivity index (χ3v) is 9.59. The van der Waals surface area contributed by atoms with Gasteiger partial charge in [-0.15, -0.1) is 0 Å². The normalized spacial score (nSPS) is 15.6. The number of rotatable bonds is 15. The maximum Gasteiger partial charge on any atom is 0.253 e. The second kappa shape index (κ2) is 18.9. The van der Waals surface area contributed by atoms with Gasteiger partial charge >= 0.3 is 0 Å². The molecule has 2 aromatic rings. The van der Waals surface area contributed by atoms with Gasteiger partial charge in [-0.25, -0.2) is 0 Å². The molecule has 2 aliphatic carbocycles. The van der Waals surface area contributed by atoms with Gasteiger partial charge in [0, 0.05) is 36.3 Å². The zero-order valence-electron chi connectivity index (χ0n) is 26.7. The van der Waals surface area contributed by atoms with E-state index in [-0.39, 0.29) is 35.7 Å². The summed E-state index contributed by atoms with van der Waals surface area (Å²) in [5.74, 6) is -0.568. The summed E-state index contributed by atoms with van der Waals surface area (Å²) in [5, 5.41) is 12.7. The van der Waals surface area contributed by atoms with Crippen LogP contribution in [0.5, 0.6) is 0 Å². The molecule has 0 spiro atoms. The molecule has 0 radical (unpaired) electrons. The molecule has 0 heterocycles. The second-order valence-corrected chi connectivity index (χ2v) is 13.5. The van der Waals surface area contributed by atoms with Gasteiger partial charge in [0.25, 0.3) is 11.8 Å².